The minimum absolute atomic E-state index is 0. The van der Waals surface area contributed by atoms with Crippen molar-refractivity contribution < 1.29 is 45.6 Å². The van der Waals surface area contributed by atoms with Gasteiger partial charge in [0.05, 0.1) is 4.90 Å². The number of ether oxygens (including phenoxy) is 2. The fourth-order valence-electron chi connectivity index (χ4n) is 7.28. The van der Waals surface area contributed by atoms with E-state index < -0.39 is 25.1 Å². The molecule has 0 aliphatic heterocycles. The molecule has 0 saturated carbocycles. The zero-order valence-corrected chi connectivity index (χ0v) is 41.6. The number of aromatic hydroxyl groups is 1. The SMILES string of the molecule is CCCCCCCCCCCCCc1ccc(Oc2ccccc2O)c(S(=O)(=O)O)c1.CCCCCCCCCCCCCc1ccc(Oc2ccccc2[O-])c(S(=O)(=O)[O-])c1.[Ca+2]. The van der Waals surface area contributed by atoms with Crippen molar-refractivity contribution in [1.82, 2.24) is 0 Å². The summed E-state index contributed by atoms with van der Waals surface area (Å²) in [6.45, 7) is 4.47. The number of phenolic OH excluding ortho intramolecular Hbond substituents is 1. The van der Waals surface area contributed by atoms with Gasteiger partial charge in [0.2, 0.25) is 0 Å². The molecule has 13 heteroatoms. The van der Waals surface area contributed by atoms with E-state index in [9.17, 15) is 36.2 Å². The summed E-state index contributed by atoms with van der Waals surface area (Å²) in [5.41, 5.74) is 1.63. The summed E-state index contributed by atoms with van der Waals surface area (Å²) in [6, 6.07) is 21.6. The number of rotatable bonds is 30. The quantitative estimate of drug-likeness (QED) is 0.0291. The van der Waals surface area contributed by atoms with E-state index >= 15 is 0 Å². The summed E-state index contributed by atoms with van der Waals surface area (Å²) in [5.74, 6) is -0.473. The Morgan fingerprint density at radius 3 is 1.25 bits per heavy atom. The second-order valence-electron chi connectivity index (χ2n) is 16.2. The van der Waals surface area contributed by atoms with Gasteiger partial charge >= 0.3 is 37.7 Å². The normalized spacial score (nSPS) is 11.4. The van der Waals surface area contributed by atoms with Crippen LogP contribution in [-0.4, -0.2) is 68.8 Å². The van der Waals surface area contributed by atoms with E-state index in [2.05, 4.69) is 13.8 Å². The van der Waals surface area contributed by atoms with Gasteiger partial charge in [0.15, 0.2) is 11.5 Å². The van der Waals surface area contributed by atoms with E-state index in [-0.39, 0.29) is 77.1 Å². The van der Waals surface area contributed by atoms with Gasteiger partial charge < -0.3 is 24.2 Å². The first-order chi connectivity index (χ1) is 29.8. The van der Waals surface area contributed by atoms with Gasteiger partial charge in [-0.05, 0) is 79.3 Å². The van der Waals surface area contributed by atoms with Gasteiger partial charge in [-0.25, -0.2) is 8.42 Å². The van der Waals surface area contributed by atoms with Crippen LogP contribution in [-0.2, 0) is 33.1 Å². The molecule has 344 valence electrons. The van der Waals surface area contributed by atoms with Crippen LogP contribution in [0.25, 0.3) is 0 Å². The van der Waals surface area contributed by atoms with Crippen molar-refractivity contribution in [2.75, 3.05) is 0 Å². The van der Waals surface area contributed by atoms with Crippen LogP contribution in [0.1, 0.15) is 166 Å². The van der Waals surface area contributed by atoms with Crippen LogP contribution in [0.2, 0.25) is 0 Å². The maximum Gasteiger partial charge on any atom is 2.00 e. The molecule has 10 nitrogen and oxygen atoms in total. The van der Waals surface area contributed by atoms with Crippen LogP contribution in [0, 0.1) is 0 Å². The first-order valence-electron chi connectivity index (χ1n) is 22.9. The molecule has 4 aromatic carbocycles. The number of benzene rings is 4. The van der Waals surface area contributed by atoms with E-state index in [0.717, 1.165) is 43.2 Å². The number of phenols is 1. The van der Waals surface area contributed by atoms with Crippen LogP contribution in [0.5, 0.6) is 34.5 Å². The molecular weight excluding hydrogens is 865 g/mol. The van der Waals surface area contributed by atoms with Crippen LogP contribution in [0.3, 0.4) is 0 Å². The van der Waals surface area contributed by atoms with E-state index in [0.29, 0.717) is 6.42 Å². The van der Waals surface area contributed by atoms with E-state index in [1.54, 1.807) is 36.4 Å². The summed E-state index contributed by atoms with van der Waals surface area (Å²) in [7, 11) is -9.17. The predicted molar refractivity (Wildman–Crippen MR) is 251 cm³/mol. The Morgan fingerprint density at radius 1 is 0.476 bits per heavy atom. The minimum atomic E-state index is -4.72. The summed E-state index contributed by atoms with van der Waals surface area (Å²) in [5, 5.41) is 21.7. The Bertz CT molecular complexity index is 1940. The van der Waals surface area contributed by atoms with E-state index in [4.69, 9.17) is 9.47 Å². The number of hydrogen-bond donors (Lipinski definition) is 2. The smallest absolute Gasteiger partial charge is 0.870 e. The first-order valence-corrected chi connectivity index (χ1v) is 25.8. The van der Waals surface area contributed by atoms with Crippen molar-refractivity contribution in [3.63, 3.8) is 0 Å². The van der Waals surface area contributed by atoms with Crippen molar-refractivity contribution in [3.8, 4) is 34.5 Å². The first kappa shape index (κ1) is 56.3. The Balaban J connectivity index is 0.000000427. The minimum Gasteiger partial charge on any atom is -0.870 e. The standard InChI is InChI=1S/2C25H36O5S.Ca/c2*1-2-3-4-5-6-7-8-9-10-11-12-15-21-18-19-24(25(20-21)31(27,28)29)30-23-17-14-13-16-22(23)26;/h2*13-14,16-20,26H,2-12,15H2,1H3,(H,27,28,29);/q;;+2/p-2. The molecule has 0 fully saturated rings. The van der Waals surface area contributed by atoms with E-state index in [1.807, 2.05) is 0 Å². The number of unbranched alkanes of at least 4 members (excludes halogenated alkanes) is 20. The molecule has 0 amide bonds. The van der Waals surface area contributed by atoms with Crippen LogP contribution < -0.4 is 14.6 Å². The molecule has 0 bridgehead atoms. The second-order valence-corrected chi connectivity index (χ2v) is 18.9. The van der Waals surface area contributed by atoms with Crippen LogP contribution >= 0.6 is 0 Å². The Labute approximate surface area is 408 Å². The van der Waals surface area contributed by atoms with Crippen molar-refractivity contribution in [2.45, 2.75) is 178 Å². The topological polar surface area (TPSA) is 173 Å². The molecule has 0 spiro atoms. The molecule has 0 radical (unpaired) electrons. The maximum atomic E-state index is 11.9. The molecule has 0 saturated heterocycles. The predicted octanol–water partition coefficient (Wildman–Crippen LogP) is 13.2. The number of hydrogen-bond acceptors (Lipinski definition) is 9. The number of aryl methyl sites for hydroxylation is 2. The Morgan fingerprint density at radius 2 is 0.841 bits per heavy atom. The molecule has 0 aliphatic rings. The van der Waals surface area contributed by atoms with Gasteiger partial charge in [0, 0.05) is 0 Å². The second kappa shape index (κ2) is 31.9. The Hall–Kier alpha value is -2.84. The average molecular weight is 935 g/mol. The largest absolute Gasteiger partial charge is 2.00 e. The summed E-state index contributed by atoms with van der Waals surface area (Å²) >= 11 is 0. The summed E-state index contributed by atoms with van der Waals surface area (Å²) in [6.07, 6.45) is 28.9. The molecule has 63 heavy (non-hydrogen) atoms. The summed E-state index contributed by atoms with van der Waals surface area (Å²) in [4.78, 5) is -0.701. The molecule has 0 aliphatic carbocycles. The van der Waals surface area contributed by atoms with Gasteiger partial charge in [-0.15, -0.1) is 0 Å². The van der Waals surface area contributed by atoms with Crippen molar-refractivity contribution in [2.24, 2.45) is 0 Å². The van der Waals surface area contributed by atoms with E-state index in [1.165, 1.54) is 164 Å². The molecule has 0 aromatic heterocycles. The monoisotopic (exact) mass is 934 g/mol. The average Bonchev–Trinajstić information content (AvgIpc) is 3.24. The van der Waals surface area contributed by atoms with Crippen molar-refractivity contribution in [3.05, 3.63) is 96.1 Å². The van der Waals surface area contributed by atoms with Gasteiger partial charge in [0.1, 0.15) is 32.3 Å². The van der Waals surface area contributed by atoms with Gasteiger partial charge in [-0.3, -0.25) is 4.55 Å². The summed E-state index contributed by atoms with van der Waals surface area (Å²) < 4.78 is 79.5. The fourth-order valence-corrected chi connectivity index (χ4v) is 8.60. The molecule has 2 N–H and O–H groups in total. The van der Waals surface area contributed by atoms with Crippen molar-refractivity contribution >= 4 is 58.0 Å². The molecule has 0 unspecified atom stereocenters. The molecule has 4 aromatic rings. The molecule has 0 atom stereocenters. The third kappa shape index (κ3) is 23.3. The van der Waals surface area contributed by atoms with Gasteiger partial charge in [-0.2, -0.15) is 8.42 Å². The van der Waals surface area contributed by atoms with Gasteiger partial charge in [0.25, 0.3) is 10.1 Å². The fraction of sp³-hybridized carbons (Fsp3) is 0.520. The molecular formula is C50H70CaO10S2. The molecule has 4 rings (SSSR count). The van der Waals surface area contributed by atoms with Crippen LogP contribution in [0.4, 0.5) is 0 Å². The third-order valence-corrected chi connectivity index (χ3v) is 12.6. The van der Waals surface area contributed by atoms with Crippen LogP contribution in [0.15, 0.2) is 94.7 Å². The third-order valence-electron chi connectivity index (χ3n) is 10.9. The zero-order valence-electron chi connectivity index (χ0n) is 37.7. The van der Waals surface area contributed by atoms with Gasteiger partial charge in [-0.1, -0.05) is 190 Å². The number of para-hydroxylation sites is 4. The maximum absolute atomic E-state index is 11.9. The van der Waals surface area contributed by atoms with Crippen molar-refractivity contribution in [1.29, 1.82) is 0 Å². The Kier molecular flexibility index (Phi) is 28.5. The molecule has 0 heterocycles. The zero-order chi connectivity index (χ0) is 45.1.